The normalized spacial score (nSPS) is 19.2. The molecule has 1 aliphatic heterocycles. The van der Waals surface area contributed by atoms with Crippen LogP contribution in [0.2, 0.25) is 0 Å². The second-order valence-electron chi connectivity index (χ2n) is 6.07. The molecule has 4 N–H and O–H groups in total. The molecule has 2 amide bonds. The summed E-state index contributed by atoms with van der Waals surface area (Å²) in [5, 5.41) is 6.07. The Morgan fingerprint density at radius 2 is 2.14 bits per heavy atom. The molecule has 1 atom stereocenters. The van der Waals surface area contributed by atoms with Gasteiger partial charge in [0.05, 0.1) is 0 Å². The lowest BCUT2D eigenvalue weighted by Gasteiger charge is -2.34. The molecule has 0 saturated carbocycles. The largest absolute Gasteiger partial charge is 0.370 e. The van der Waals surface area contributed by atoms with Gasteiger partial charge in [0.1, 0.15) is 0 Å². The van der Waals surface area contributed by atoms with Gasteiger partial charge in [-0.05, 0) is 32.6 Å². The van der Waals surface area contributed by atoms with Crippen molar-refractivity contribution in [3.8, 4) is 0 Å². The average Bonchev–Trinajstić information content (AvgIpc) is 2.42. The topological polar surface area (TPSA) is 99.8 Å². The van der Waals surface area contributed by atoms with Crippen molar-refractivity contribution in [2.45, 2.75) is 45.6 Å². The van der Waals surface area contributed by atoms with Gasteiger partial charge in [0.25, 0.3) is 0 Å². The molecule has 1 fully saturated rings. The summed E-state index contributed by atoms with van der Waals surface area (Å²) in [4.78, 5) is 29.1. The number of primary amides is 1. The van der Waals surface area contributed by atoms with E-state index >= 15 is 0 Å². The van der Waals surface area contributed by atoms with Gasteiger partial charge in [-0.15, -0.1) is 0 Å². The number of nitrogens with one attached hydrogen (secondary N) is 2. The molecular weight excluding hydrogens is 282 g/mol. The van der Waals surface area contributed by atoms with Crippen molar-refractivity contribution >= 4 is 17.8 Å². The van der Waals surface area contributed by atoms with Crippen LogP contribution in [0.15, 0.2) is 4.99 Å². The highest BCUT2D eigenvalue weighted by molar-refractivity contribution is 5.81. The van der Waals surface area contributed by atoms with Crippen LogP contribution in [0.25, 0.3) is 0 Å². The number of amides is 2. The summed E-state index contributed by atoms with van der Waals surface area (Å²) in [6.07, 6.45) is 2.87. The van der Waals surface area contributed by atoms with Crippen molar-refractivity contribution in [2.24, 2.45) is 16.6 Å². The third kappa shape index (κ3) is 6.78. The summed E-state index contributed by atoms with van der Waals surface area (Å²) in [7, 11) is 1.73. The number of nitrogens with two attached hydrogens (primary N) is 1. The van der Waals surface area contributed by atoms with Gasteiger partial charge in [-0.25, -0.2) is 0 Å². The van der Waals surface area contributed by atoms with Gasteiger partial charge in [-0.3, -0.25) is 14.6 Å². The van der Waals surface area contributed by atoms with E-state index in [2.05, 4.69) is 20.5 Å². The van der Waals surface area contributed by atoms with E-state index < -0.39 is 0 Å². The zero-order chi connectivity index (χ0) is 16.5. The van der Waals surface area contributed by atoms with Crippen LogP contribution in [0, 0.1) is 5.92 Å². The van der Waals surface area contributed by atoms with Crippen LogP contribution in [-0.4, -0.2) is 55.4 Å². The van der Waals surface area contributed by atoms with Gasteiger partial charge < -0.3 is 21.3 Å². The molecule has 7 heteroatoms. The maximum absolute atomic E-state index is 11.6. The Bertz CT molecular complexity index is 409. The van der Waals surface area contributed by atoms with Gasteiger partial charge in [0.2, 0.25) is 11.8 Å². The highest BCUT2D eigenvalue weighted by Gasteiger charge is 2.23. The highest BCUT2D eigenvalue weighted by atomic mass is 16.2. The summed E-state index contributed by atoms with van der Waals surface area (Å²) in [6.45, 7) is 6.11. The summed E-state index contributed by atoms with van der Waals surface area (Å²) in [6, 6.07) is 0.156. The molecule has 0 aromatic heterocycles. The second kappa shape index (κ2) is 9.27. The fourth-order valence-electron chi connectivity index (χ4n) is 2.72. The first-order valence-corrected chi connectivity index (χ1v) is 7.95. The highest BCUT2D eigenvalue weighted by Crippen LogP contribution is 2.19. The Balaban J connectivity index is 2.40. The number of piperidine rings is 1. The van der Waals surface area contributed by atoms with Crippen molar-refractivity contribution in [1.29, 1.82) is 0 Å². The third-order valence-corrected chi connectivity index (χ3v) is 3.61. The van der Waals surface area contributed by atoms with Crippen molar-refractivity contribution in [3.63, 3.8) is 0 Å². The summed E-state index contributed by atoms with van der Waals surface area (Å²) in [5.74, 6) is 0.851. The molecule has 22 heavy (non-hydrogen) atoms. The number of carbonyl (C=O) groups is 2. The van der Waals surface area contributed by atoms with E-state index in [0.29, 0.717) is 19.4 Å². The van der Waals surface area contributed by atoms with Gasteiger partial charge >= 0.3 is 0 Å². The van der Waals surface area contributed by atoms with Crippen molar-refractivity contribution in [2.75, 3.05) is 26.7 Å². The number of aliphatic imine (C=N–C) groups is 1. The van der Waals surface area contributed by atoms with Crippen LogP contribution in [0.4, 0.5) is 0 Å². The molecule has 1 saturated heterocycles. The maximum Gasteiger partial charge on any atom is 0.221 e. The fourth-order valence-corrected chi connectivity index (χ4v) is 2.72. The number of hydrogen-bond donors (Lipinski definition) is 3. The first-order valence-electron chi connectivity index (χ1n) is 7.95. The summed E-state index contributed by atoms with van der Waals surface area (Å²) < 4.78 is 0. The van der Waals surface area contributed by atoms with Gasteiger partial charge in [-0.2, -0.15) is 0 Å². The number of rotatable bonds is 6. The second-order valence-corrected chi connectivity index (χ2v) is 6.07. The van der Waals surface area contributed by atoms with Gasteiger partial charge in [0.15, 0.2) is 5.96 Å². The molecule has 0 aromatic carbocycles. The minimum Gasteiger partial charge on any atom is -0.370 e. The molecule has 0 aromatic rings. The van der Waals surface area contributed by atoms with E-state index in [1.54, 1.807) is 7.05 Å². The van der Waals surface area contributed by atoms with Crippen molar-refractivity contribution < 1.29 is 9.59 Å². The van der Waals surface area contributed by atoms with Crippen molar-refractivity contribution in [3.05, 3.63) is 0 Å². The van der Waals surface area contributed by atoms with E-state index in [9.17, 15) is 9.59 Å². The number of guanidine groups is 1. The predicted octanol–water partition coefficient (Wildman–Crippen LogP) is 0.0639. The molecular formula is C15H29N5O2. The summed E-state index contributed by atoms with van der Waals surface area (Å²) in [5.41, 5.74) is 5.28. The van der Waals surface area contributed by atoms with Crippen molar-refractivity contribution in [1.82, 2.24) is 15.5 Å². The Hall–Kier alpha value is -1.79. The first kappa shape index (κ1) is 18.3. The van der Waals surface area contributed by atoms with E-state index in [0.717, 1.165) is 31.9 Å². The molecule has 1 heterocycles. The number of hydrogen-bond acceptors (Lipinski definition) is 3. The Morgan fingerprint density at radius 3 is 2.73 bits per heavy atom. The lowest BCUT2D eigenvalue weighted by molar-refractivity contribution is -0.121. The first-order chi connectivity index (χ1) is 10.4. The monoisotopic (exact) mass is 311 g/mol. The Kier molecular flexibility index (Phi) is 7.70. The number of nitrogens with zero attached hydrogens (tertiary/aromatic N) is 2. The average molecular weight is 311 g/mol. The summed E-state index contributed by atoms with van der Waals surface area (Å²) >= 11 is 0. The van der Waals surface area contributed by atoms with Crippen LogP contribution in [0.1, 0.15) is 39.5 Å². The van der Waals surface area contributed by atoms with Gasteiger partial charge in [-0.1, -0.05) is 0 Å². The Morgan fingerprint density at radius 1 is 1.41 bits per heavy atom. The number of carbonyl (C=O) groups excluding carboxylic acids is 2. The molecule has 0 aliphatic carbocycles. The minimum atomic E-state index is -0.250. The fraction of sp³-hybridized carbons (Fsp3) is 0.800. The minimum absolute atomic E-state index is 0.0307. The maximum atomic E-state index is 11.6. The lowest BCUT2D eigenvalue weighted by atomic mass is 9.95. The molecule has 1 aliphatic rings. The van der Waals surface area contributed by atoms with Crippen LogP contribution >= 0.6 is 0 Å². The number of likely N-dealkylation sites (tertiary alicyclic amines) is 1. The van der Waals surface area contributed by atoms with E-state index in [1.165, 1.54) is 0 Å². The van der Waals surface area contributed by atoms with Crippen LogP contribution in [-0.2, 0) is 9.59 Å². The van der Waals surface area contributed by atoms with E-state index in [-0.39, 0.29) is 23.8 Å². The molecule has 0 spiro atoms. The lowest BCUT2D eigenvalue weighted by Crippen LogP contribution is -2.47. The van der Waals surface area contributed by atoms with E-state index in [4.69, 9.17) is 5.73 Å². The SMILES string of the molecule is CN=C(NCCC(=O)NC(C)C)N1CCCC(CC(N)=O)C1. The quantitative estimate of drug-likeness (QED) is 0.477. The molecule has 0 radical (unpaired) electrons. The molecule has 0 bridgehead atoms. The standard InChI is InChI=1S/C15H29N5O2/c1-11(2)19-14(22)6-7-18-15(17-3)20-8-4-5-12(10-20)9-13(16)21/h11-12H,4-10H2,1-3H3,(H2,16,21)(H,17,18)(H,19,22). The molecule has 1 unspecified atom stereocenters. The Labute approximate surface area is 132 Å². The van der Waals surface area contributed by atoms with E-state index in [1.807, 2.05) is 13.8 Å². The van der Waals surface area contributed by atoms with Gasteiger partial charge in [0, 0.05) is 45.6 Å². The molecule has 7 nitrogen and oxygen atoms in total. The van der Waals surface area contributed by atoms with Crippen LogP contribution in [0.3, 0.4) is 0 Å². The zero-order valence-electron chi connectivity index (χ0n) is 13.9. The molecule has 1 rings (SSSR count). The predicted molar refractivity (Wildman–Crippen MR) is 87.4 cm³/mol. The smallest absolute Gasteiger partial charge is 0.221 e. The third-order valence-electron chi connectivity index (χ3n) is 3.61. The van der Waals surface area contributed by atoms with Crippen LogP contribution in [0.5, 0.6) is 0 Å². The van der Waals surface area contributed by atoms with Crippen LogP contribution < -0.4 is 16.4 Å². The zero-order valence-corrected chi connectivity index (χ0v) is 13.9. The molecule has 126 valence electrons.